The summed E-state index contributed by atoms with van der Waals surface area (Å²) in [5.41, 5.74) is 1.71. The summed E-state index contributed by atoms with van der Waals surface area (Å²) in [6.45, 7) is 2.18. The molecule has 1 aromatic carbocycles. The zero-order valence-electron chi connectivity index (χ0n) is 9.16. The summed E-state index contributed by atoms with van der Waals surface area (Å²) < 4.78 is 10.3. The van der Waals surface area contributed by atoms with Gasteiger partial charge < -0.3 is 8.92 Å². The predicted molar refractivity (Wildman–Crippen MR) is 74.3 cm³/mol. The van der Waals surface area contributed by atoms with Gasteiger partial charge in [-0.3, -0.25) is 4.79 Å². The molecule has 0 atom stereocenters. The second kappa shape index (κ2) is 7.13. The average molecular weight is 352 g/mol. The first-order chi connectivity index (χ1) is 7.69. The van der Waals surface area contributed by atoms with Crippen molar-refractivity contribution in [1.29, 1.82) is 0 Å². The van der Waals surface area contributed by atoms with Gasteiger partial charge in [0.1, 0.15) is 5.75 Å². The van der Waals surface area contributed by atoms with Crippen molar-refractivity contribution in [3.8, 4) is 5.75 Å². The second-order valence-corrected chi connectivity index (χ2v) is 4.67. The maximum atomic E-state index is 11.4. The van der Waals surface area contributed by atoms with Crippen LogP contribution >= 0.6 is 30.4 Å². The highest BCUT2D eigenvalue weighted by Crippen LogP contribution is 2.21. The molecule has 0 fully saturated rings. The fraction of sp³-hybridized carbons (Fsp3) is 0.364. The Hall–Kier alpha value is -0.270. The SMILES string of the molecule is COc1ccc(CCOSI)cc1C(C)=O. The lowest BCUT2D eigenvalue weighted by molar-refractivity contribution is 0.101. The highest BCUT2D eigenvalue weighted by molar-refractivity contribution is 14.2. The van der Waals surface area contributed by atoms with E-state index in [1.165, 1.54) is 9.21 Å². The summed E-state index contributed by atoms with van der Waals surface area (Å²) in [5.74, 6) is 0.642. The molecule has 0 saturated carbocycles. The van der Waals surface area contributed by atoms with E-state index in [1.807, 2.05) is 18.2 Å². The Morgan fingerprint density at radius 2 is 2.25 bits per heavy atom. The van der Waals surface area contributed by atoms with Gasteiger partial charge in [-0.25, -0.2) is 0 Å². The molecule has 3 nitrogen and oxygen atoms in total. The van der Waals surface area contributed by atoms with Crippen LogP contribution in [0.2, 0.25) is 0 Å². The molecule has 0 aliphatic carbocycles. The molecule has 0 amide bonds. The van der Waals surface area contributed by atoms with Gasteiger partial charge in [0.25, 0.3) is 0 Å². The van der Waals surface area contributed by atoms with Gasteiger partial charge in [-0.05, 0) is 31.0 Å². The van der Waals surface area contributed by atoms with Crippen LogP contribution in [0, 0.1) is 0 Å². The summed E-state index contributed by atoms with van der Waals surface area (Å²) in [4.78, 5) is 11.4. The standard InChI is InChI=1S/C11H13IO3S/c1-8(13)10-7-9(5-6-15-16-12)3-4-11(10)14-2/h3-4,7H,5-6H2,1-2H3. The van der Waals surface area contributed by atoms with E-state index in [4.69, 9.17) is 8.92 Å². The van der Waals surface area contributed by atoms with Gasteiger partial charge in [-0.2, -0.15) is 0 Å². The lowest BCUT2D eigenvalue weighted by Gasteiger charge is -2.08. The number of benzene rings is 1. The smallest absolute Gasteiger partial charge is 0.163 e. The molecule has 1 aromatic rings. The van der Waals surface area contributed by atoms with Gasteiger partial charge >= 0.3 is 0 Å². The van der Waals surface area contributed by atoms with Gasteiger partial charge in [-0.1, -0.05) is 6.07 Å². The molecule has 0 heterocycles. The molecule has 5 heteroatoms. The first kappa shape index (κ1) is 13.8. The van der Waals surface area contributed by atoms with E-state index in [1.54, 1.807) is 14.0 Å². The molecule has 0 aliphatic rings. The van der Waals surface area contributed by atoms with E-state index in [9.17, 15) is 4.79 Å². The lowest BCUT2D eigenvalue weighted by Crippen LogP contribution is -2.00. The Labute approximate surface area is 112 Å². The number of hydrogen-bond acceptors (Lipinski definition) is 4. The molecule has 1 rings (SSSR count). The number of halogens is 1. The molecule has 0 N–H and O–H groups in total. The third-order valence-electron chi connectivity index (χ3n) is 2.16. The molecule has 0 radical (unpaired) electrons. The van der Waals surface area contributed by atoms with Gasteiger partial charge in [0, 0.05) is 21.2 Å². The second-order valence-electron chi connectivity index (χ2n) is 3.23. The van der Waals surface area contributed by atoms with Crippen LogP contribution < -0.4 is 4.74 Å². The van der Waals surface area contributed by atoms with Crippen LogP contribution in [0.5, 0.6) is 5.75 Å². The third-order valence-corrected chi connectivity index (χ3v) is 3.18. The van der Waals surface area contributed by atoms with E-state index < -0.39 is 0 Å². The monoisotopic (exact) mass is 352 g/mol. The van der Waals surface area contributed by atoms with Crippen molar-refractivity contribution in [3.05, 3.63) is 29.3 Å². The largest absolute Gasteiger partial charge is 0.496 e. The summed E-state index contributed by atoms with van der Waals surface area (Å²) in [5, 5.41) is 0. The van der Waals surface area contributed by atoms with E-state index in [-0.39, 0.29) is 5.78 Å². The molecule has 88 valence electrons. The molecule has 0 bridgehead atoms. The van der Waals surface area contributed by atoms with Gasteiger partial charge in [-0.15, -0.1) is 0 Å². The van der Waals surface area contributed by atoms with Gasteiger partial charge in [0.15, 0.2) is 5.78 Å². The number of methoxy groups -OCH3 is 1. The van der Waals surface area contributed by atoms with Crippen LogP contribution in [-0.4, -0.2) is 19.5 Å². The Kier molecular flexibility index (Phi) is 6.15. The average Bonchev–Trinajstić information content (AvgIpc) is 2.29. The fourth-order valence-corrected chi connectivity index (χ4v) is 2.06. The highest BCUT2D eigenvalue weighted by atomic mass is 127. The molecule has 0 aliphatic heterocycles. The van der Waals surface area contributed by atoms with Crippen LogP contribution in [0.25, 0.3) is 0 Å². The number of ketones is 1. The van der Waals surface area contributed by atoms with E-state index in [0.29, 0.717) is 17.9 Å². The Morgan fingerprint density at radius 3 is 2.81 bits per heavy atom. The van der Waals surface area contributed by atoms with Gasteiger partial charge in [0.05, 0.1) is 28.5 Å². The topological polar surface area (TPSA) is 35.5 Å². The molecule has 0 saturated heterocycles. The van der Waals surface area contributed by atoms with Crippen molar-refractivity contribution in [3.63, 3.8) is 0 Å². The maximum absolute atomic E-state index is 11.4. The van der Waals surface area contributed by atoms with Crippen molar-refractivity contribution < 1.29 is 13.7 Å². The van der Waals surface area contributed by atoms with Crippen LogP contribution in [-0.2, 0) is 10.6 Å². The Bertz CT molecular complexity index is 368. The first-order valence-corrected chi connectivity index (χ1v) is 8.05. The summed E-state index contributed by atoms with van der Waals surface area (Å²) in [6.07, 6.45) is 0.792. The number of hydrogen-bond donors (Lipinski definition) is 0. The number of carbonyl (C=O) groups is 1. The van der Waals surface area contributed by atoms with Crippen LogP contribution in [0.15, 0.2) is 18.2 Å². The summed E-state index contributed by atoms with van der Waals surface area (Å²) >= 11 is 2.08. The van der Waals surface area contributed by atoms with Gasteiger partial charge in [0.2, 0.25) is 0 Å². The minimum Gasteiger partial charge on any atom is -0.496 e. The molecular formula is C11H13IO3S. The van der Waals surface area contributed by atoms with Crippen molar-refractivity contribution in [2.24, 2.45) is 0 Å². The number of ether oxygens (including phenoxy) is 1. The van der Waals surface area contributed by atoms with Crippen molar-refractivity contribution in [2.75, 3.05) is 13.7 Å². The van der Waals surface area contributed by atoms with Crippen LogP contribution in [0.3, 0.4) is 0 Å². The number of Topliss-reactive ketones (excluding diaryl/α,β-unsaturated/α-hetero) is 1. The molecule has 0 unspecified atom stereocenters. The zero-order chi connectivity index (χ0) is 12.0. The Morgan fingerprint density at radius 1 is 1.50 bits per heavy atom. The maximum Gasteiger partial charge on any atom is 0.163 e. The van der Waals surface area contributed by atoms with Crippen LogP contribution in [0.4, 0.5) is 0 Å². The number of carbonyl (C=O) groups excluding carboxylic acids is 1. The van der Waals surface area contributed by atoms with E-state index in [2.05, 4.69) is 21.2 Å². The molecular weight excluding hydrogens is 339 g/mol. The minimum atomic E-state index is 0.0166. The number of rotatable bonds is 6. The van der Waals surface area contributed by atoms with Crippen molar-refractivity contribution >= 4 is 36.2 Å². The fourth-order valence-electron chi connectivity index (χ4n) is 1.38. The summed E-state index contributed by atoms with van der Waals surface area (Å²) in [6, 6.07) is 5.64. The van der Waals surface area contributed by atoms with Crippen LogP contribution in [0.1, 0.15) is 22.8 Å². The normalized spacial score (nSPS) is 10.2. The minimum absolute atomic E-state index is 0.0166. The first-order valence-electron chi connectivity index (χ1n) is 4.77. The van der Waals surface area contributed by atoms with Crippen molar-refractivity contribution in [2.45, 2.75) is 13.3 Å². The van der Waals surface area contributed by atoms with E-state index >= 15 is 0 Å². The zero-order valence-corrected chi connectivity index (χ0v) is 12.1. The third kappa shape index (κ3) is 3.95. The quantitative estimate of drug-likeness (QED) is 0.340. The van der Waals surface area contributed by atoms with E-state index in [0.717, 1.165) is 12.0 Å². The summed E-state index contributed by atoms with van der Waals surface area (Å²) in [7, 11) is 2.88. The van der Waals surface area contributed by atoms with Crippen molar-refractivity contribution in [1.82, 2.24) is 0 Å². The Balaban J connectivity index is 2.81. The predicted octanol–water partition coefficient (Wildman–Crippen LogP) is 3.46. The highest BCUT2D eigenvalue weighted by Gasteiger charge is 2.08. The molecule has 16 heavy (non-hydrogen) atoms. The molecule has 0 spiro atoms. The lowest BCUT2D eigenvalue weighted by atomic mass is 10.0. The molecule has 0 aromatic heterocycles.